The lowest BCUT2D eigenvalue weighted by atomic mass is 10.2. The summed E-state index contributed by atoms with van der Waals surface area (Å²) in [5, 5.41) is 2.43. The lowest BCUT2D eigenvalue weighted by Crippen LogP contribution is -2.36. The van der Waals surface area contributed by atoms with Crippen LogP contribution >= 0.6 is 11.3 Å². The maximum atomic E-state index is 11.3. The van der Waals surface area contributed by atoms with Gasteiger partial charge in [-0.3, -0.25) is 0 Å². The number of aromatic nitrogens is 1. The molecule has 92 valence electrons. The highest BCUT2D eigenvalue weighted by molar-refractivity contribution is 7.87. The number of thiazole rings is 1. The molecule has 6 nitrogen and oxygen atoms in total. The van der Waals surface area contributed by atoms with E-state index < -0.39 is 10.2 Å². The van der Waals surface area contributed by atoms with Crippen LogP contribution in [-0.2, 0) is 16.6 Å². The molecule has 16 heavy (non-hydrogen) atoms. The normalized spacial score (nSPS) is 12.2. The van der Waals surface area contributed by atoms with Crippen LogP contribution in [0.3, 0.4) is 0 Å². The molecule has 0 aromatic carbocycles. The predicted octanol–water partition coefficient (Wildman–Crippen LogP) is 0.0539. The van der Waals surface area contributed by atoms with Gasteiger partial charge in [0.05, 0.1) is 5.69 Å². The summed E-state index contributed by atoms with van der Waals surface area (Å²) in [6.07, 6.45) is 1.43. The molecule has 0 aliphatic carbocycles. The van der Waals surface area contributed by atoms with Gasteiger partial charge in [0.25, 0.3) is 10.2 Å². The third-order valence-electron chi connectivity index (χ3n) is 1.94. The standard InChI is InChI=1S/C8H16N4O2S2/c1-12(2)16(13,14)10-5-3-4-7-6-15-8(9)11-7/h6,10H,3-5H2,1-2H3,(H2,9,11). The fourth-order valence-corrected chi connectivity index (χ4v) is 2.30. The number of anilines is 1. The van der Waals surface area contributed by atoms with Gasteiger partial charge >= 0.3 is 0 Å². The zero-order chi connectivity index (χ0) is 12.2. The highest BCUT2D eigenvalue weighted by Gasteiger charge is 2.11. The Morgan fingerprint density at radius 3 is 2.75 bits per heavy atom. The molecule has 0 amide bonds. The fourth-order valence-electron chi connectivity index (χ4n) is 1.04. The Morgan fingerprint density at radius 1 is 1.56 bits per heavy atom. The van der Waals surface area contributed by atoms with Crippen molar-refractivity contribution in [3.63, 3.8) is 0 Å². The average Bonchev–Trinajstić information content (AvgIpc) is 2.59. The van der Waals surface area contributed by atoms with E-state index in [1.54, 1.807) is 0 Å². The van der Waals surface area contributed by atoms with Crippen molar-refractivity contribution >= 4 is 26.7 Å². The Labute approximate surface area is 99.7 Å². The largest absolute Gasteiger partial charge is 0.375 e. The van der Waals surface area contributed by atoms with Crippen molar-refractivity contribution < 1.29 is 8.42 Å². The molecule has 0 spiro atoms. The highest BCUT2D eigenvalue weighted by Crippen LogP contribution is 2.12. The minimum Gasteiger partial charge on any atom is -0.375 e. The monoisotopic (exact) mass is 264 g/mol. The minimum absolute atomic E-state index is 0.401. The van der Waals surface area contributed by atoms with Gasteiger partial charge in [0.1, 0.15) is 0 Å². The summed E-state index contributed by atoms with van der Waals surface area (Å²) >= 11 is 1.39. The van der Waals surface area contributed by atoms with Crippen LogP contribution < -0.4 is 10.5 Å². The molecular formula is C8H16N4O2S2. The predicted molar refractivity (Wildman–Crippen MR) is 65.5 cm³/mol. The maximum absolute atomic E-state index is 11.3. The number of nitrogens with one attached hydrogen (secondary N) is 1. The SMILES string of the molecule is CN(C)S(=O)(=O)NCCCc1csc(N)n1. The van der Waals surface area contributed by atoms with Crippen LogP contribution in [-0.4, -0.2) is 38.3 Å². The second-order valence-electron chi connectivity index (χ2n) is 3.46. The van der Waals surface area contributed by atoms with E-state index >= 15 is 0 Å². The van der Waals surface area contributed by atoms with Gasteiger partial charge in [-0.2, -0.15) is 12.7 Å². The molecule has 0 radical (unpaired) electrons. The van der Waals surface area contributed by atoms with E-state index in [2.05, 4.69) is 9.71 Å². The van der Waals surface area contributed by atoms with Gasteiger partial charge in [0.2, 0.25) is 0 Å². The Kier molecular flexibility index (Phi) is 4.66. The van der Waals surface area contributed by atoms with Crippen molar-refractivity contribution in [1.82, 2.24) is 14.0 Å². The van der Waals surface area contributed by atoms with Crippen LogP contribution in [0.2, 0.25) is 0 Å². The van der Waals surface area contributed by atoms with Crippen LogP contribution in [0, 0.1) is 0 Å². The molecule has 1 aromatic rings. The molecule has 0 saturated carbocycles. The van der Waals surface area contributed by atoms with Gasteiger partial charge in [0, 0.05) is 26.0 Å². The first kappa shape index (κ1) is 13.4. The van der Waals surface area contributed by atoms with Gasteiger partial charge < -0.3 is 5.73 Å². The van der Waals surface area contributed by atoms with Gasteiger partial charge in [-0.15, -0.1) is 11.3 Å². The lowest BCUT2D eigenvalue weighted by molar-refractivity contribution is 0.504. The first-order valence-electron chi connectivity index (χ1n) is 4.79. The van der Waals surface area contributed by atoms with Crippen molar-refractivity contribution in [2.75, 3.05) is 26.4 Å². The fraction of sp³-hybridized carbons (Fsp3) is 0.625. The molecule has 0 aliphatic rings. The molecule has 0 bridgehead atoms. The number of nitrogens with two attached hydrogens (primary N) is 1. The molecule has 0 saturated heterocycles. The molecule has 8 heteroatoms. The molecule has 1 aromatic heterocycles. The summed E-state index contributed by atoms with van der Waals surface area (Å²) in [6.45, 7) is 0.401. The molecule has 0 aliphatic heterocycles. The van der Waals surface area contributed by atoms with Crippen LogP contribution in [0.5, 0.6) is 0 Å². The third kappa shape index (κ3) is 4.05. The van der Waals surface area contributed by atoms with Crippen LogP contribution in [0.25, 0.3) is 0 Å². The van der Waals surface area contributed by atoms with Crippen molar-refractivity contribution in [2.45, 2.75) is 12.8 Å². The summed E-state index contributed by atoms with van der Waals surface area (Å²) in [7, 11) is -0.327. The van der Waals surface area contributed by atoms with Crippen molar-refractivity contribution in [3.05, 3.63) is 11.1 Å². The Bertz CT molecular complexity index is 427. The number of aryl methyl sites for hydroxylation is 1. The third-order valence-corrected chi connectivity index (χ3v) is 4.20. The Hall–Kier alpha value is -0.700. The summed E-state index contributed by atoms with van der Waals surface area (Å²) in [5.41, 5.74) is 6.39. The average molecular weight is 264 g/mol. The van der Waals surface area contributed by atoms with Crippen LogP contribution in [0.15, 0.2) is 5.38 Å². The second-order valence-corrected chi connectivity index (χ2v) is 6.32. The van der Waals surface area contributed by atoms with E-state index in [1.165, 1.54) is 25.4 Å². The maximum Gasteiger partial charge on any atom is 0.278 e. The smallest absolute Gasteiger partial charge is 0.278 e. The topological polar surface area (TPSA) is 88.3 Å². The molecule has 1 rings (SSSR count). The Morgan fingerprint density at radius 2 is 2.25 bits per heavy atom. The van der Waals surface area contributed by atoms with Crippen molar-refractivity contribution in [3.8, 4) is 0 Å². The Balaban J connectivity index is 2.27. The van der Waals surface area contributed by atoms with E-state index in [9.17, 15) is 8.42 Å². The van der Waals surface area contributed by atoms with Gasteiger partial charge in [-0.1, -0.05) is 0 Å². The van der Waals surface area contributed by atoms with Crippen LogP contribution in [0.1, 0.15) is 12.1 Å². The zero-order valence-corrected chi connectivity index (χ0v) is 10.9. The van der Waals surface area contributed by atoms with E-state index in [4.69, 9.17) is 5.73 Å². The van der Waals surface area contributed by atoms with Gasteiger partial charge in [-0.05, 0) is 12.8 Å². The van der Waals surface area contributed by atoms with Crippen molar-refractivity contribution in [2.24, 2.45) is 0 Å². The number of hydrogen-bond donors (Lipinski definition) is 2. The van der Waals surface area contributed by atoms with E-state index in [1.807, 2.05) is 5.38 Å². The van der Waals surface area contributed by atoms with Crippen molar-refractivity contribution in [1.29, 1.82) is 0 Å². The first-order chi connectivity index (χ1) is 7.42. The minimum atomic E-state index is -3.31. The lowest BCUT2D eigenvalue weighted by Gasteiger charge is -2.11. The van der Waals surface area contributed by atoms with Gasteiger partial charge in [0.15, 0.2) is 5.13 Å². The molecule has 0 unspecified atom stereocenters. The zero-order valence-electron chi connectivity index (χ0n) is 9.30. The number of nitrogen functional groups attached to an aromatic ring is 1. The van der Waals surface area contributed by atoms with Crippen LogP contribution in [0.4, 0.5) is 5.13 Å². The summed E-state index contributed by atoms with van der Waals surface area (Å²) in [5.74, 6) is 0. The molecular weight excluding hydrogens is 248 g/mol. The van der Waals surface area contributed by atoms with E-state index in [-0.39, 0.29) is 0 Å². The summed E-state index contributed by atoms with van der Waals surface area (Å²) in [6, 6.07) is 0. The molecule has 3 N–H and O–H groups in total. The summed E-state index contributed by atoms with van der Waals surface area (Å²) < 4.78 is 26.3. The quantitative estimate of drug-likeness (QED) is 0.711. The van der Waals surface area contributed by atoms with E-state index in [0.29, 0.717) is 18.1 Å². The summed E-state index contributed by atoms with van der Waals surface area (Å²) in [4.78, 5) is 4.09. The number of rotatable bonds is 6. The number of hydrogen-bond acceptors (Lipinski definition) is 5. The number of nitrogens with zero attached hydrogens (tertiary/aromatic N) is 2. The highest BCUT2D eigenvalue weighted by atomic mass is 32.2. The molecule has 0 fully saturated rings. The molecule has 1 heterocycles. The second kappa shape index (κ2) is 5.58. The van der Waals surface area contributed by atoms with E-state index in [0.717, 1.165) is 16.4 Å². The van der Waals surface area contributed by atoms with Gasteiger partial charge in [-0.25, -0.2) is 9.71 Å². The first-order valence-corrected chi connectivity index (χ1v) is 7.11. The molecule has 0 atom stereocenters.